The number of allylic oxidation sites excluding steroid dienone is 1. The molecule has 2 atom stereocenters. The first-order valence-corrected chi connectivity index (χ1v) is 11.4. The van der Waals surface area contributed by atoms with Crippen LogP contribution in [-0.4, -0.2) is 18.8 Å². The Kier molecular flexibility index (Phi) is 7.46. The van der Waals surface area contributed by atoms with Gasteiger partial charge in [0, 0.05) is 16.0 Å². The van der Waals surface area contributed by atoms with Crippen molar-refractivity contribution in [2.75, 3.05) is 7.11 Å². The highest BCUT2D eigenvalue weighted by atomic mass is 79.9. The summed E-state index contributed by atoms with van der Waals surface area (Å²) in [7, 11) is 1.61. The standard InChI is InChI=1S/C26H26BrN3O3/c1-26(2,3)33-25(31)30-24(16-8-10-18(27)11-9-16)21-13-12-19-20(6-5-7-22(19)32-4)23(21)17(14-28)15-29/h5-11,21,24H,12-13H2,1-4H3,(H,30,31)/t21-,24+/m0/s1. The lowest BCUT2D eigenvalue weighted by atomic mass is 9.72. The van der Waals surface area contributed by atoms with Crippen LogP contribution in [0.2, 0.25) is 0 Å². The lowest BCUT2D eigenvalue weighted by Crippen LogP contribution is -2.39. The largest absolute Gasteiger partial charge is 0.496 e. The van der Waals surface area contributed by atoms with Crippen molar-refractivity contribution >= 4 is 27.6 Å². The third-order valence-corrected chi connectivity index (χ3v) is 6.04. The Balaban J connectivity index is 2.16. The molecule has 2 aromatic rings. The number of hydrogen-bond acceptors (Lipinski definition) is 5. The van der Waals surface area contributed by atoms with E-state index in [0.29, 0.717) is 18.4 Å². The molecule has 0 unspecified atom stereocenters. The third-order valence-electron chi connectivity index (χ3n) is 5.52. The maximum atomic E-state index is 12.8. The number of nitrogens with zero attached hydrogens (tertiary/aromatic N) is 2. The van der Waals surface area contributed by atoms with Gasteiger partial charge in [0.05, 0.1) is 13.2 Å². The van der Waals surface area contributed by atoms with Gasteiger partial charge in [-0.1, -0.05) is 40.2 Å². The smallest absolute Gasteiger partial charge is 0.408 e. The zero-order valence-electron chi connectivity index (χ0n) is 19.1. The minimum atomic E-state index is -0.663. The normalized spacial score (nSPS) is 16.0. The molecule has 0 aromatic heterocycles. The highest BCUT2D eigenvalue weighted by molar-refractivity contribution is 9.10. The van der Waals surface area contributed by atoms with Crippen molar-refractivity contribution in [3.63, 3.8) is 0 Å². The number of rotatable bonds is 4. The van der Waals surface area contributed by atoms with E-state index in [1.807, 2.05) is 42.5 Å². The molecule has 1 N–H and O–H groups in total. The monoisotopic (exact) mass is 507 g/mol. The first kappa shape index (κ1) is 24.4. The molecule has 0 heterocycles. The Hall–Kier alpha value is -3.29. The number of alkyl carbamates (subject to hydrolysis) is 1. The van der Waals surface area contributed by atoms with Gasteiger partial charge in [-0.2, -0.15) is 10.5 Å². The number of nitriles is 2. The lowest BCUT2D eigenvalue weighted by Gasteiger charge is -2.35. The van der Waals surface area contributed by atoms with Gasteiger partial charge in [0.1, 0.15) is 29.1 Å². The van der Waals surface area contributed by atoms with Crippen molar-refractivity contribution in [2.24, 2.45) is 5.92 Å². The molecule has 0 radical (unpaired) electrons. The molecule has 7 heteroatoms. The molecule has 6 nitrogen and oxygen atoms in total. The molecule has 0 saturated heterocycles. The lowest BCUT2D eigenvalue weighted by molar-refractivity contribution is 0.0491. The maximum absolute atomic E-state index is 12.8. The molecule has 3 rings (SSSR count). The van der Waals surface area contributed by atoms with Gasteiger partial charge in [-0.25, -0.2) is 4.79 Å². The molecule has 1 aliphatic rings. The molecule has 0 fully saturated rings. The second-order valence-corrected chi connectivity index (χ2v) is 9.73. The fraction of sp³-hybridized carbons (Fsp3) is 0.346. The minimum Gasteiger partial charge on any atom is -0.496 e. The summed E-state index contributed by atoms with van der Waals surface area (Å²) in [6.07, 6.45) is 0.744. The van der Waals surface area contributed by atoms with Crippen LogP contribution in [0.1, 0.15) is 49.9 Å². The van der Waals surface area contributed by atoms with Crippen LogP contribution in [0.15, 0.2) is 52.5 Å². The van der Waals surface area contributed by atoms with Crippen molar-refractivity contribution < 1.29 is 14.3 Å². The Labute approximate surface area is 202 Å². The summed E-state index contributed by atoms with van der Waals surface area (Å²) in [4.78, 5) is 12.8. The van der Waals surface area contributed by atoms with E-state index in [9.17, 15) is 15.3 Å². The van der Waals surface area contributed by atoms with Gasteiger partial charge < -0.3 is 14.8 Å². The van der Waals surface area contributed by atoms with Gasteiger partial charge in [0.25, 0.3) is 0 Å². The van der Waals surface area contributed by atoms with E-state index in [1.165, 1.54) is 0 Å². The van der Waals surface area contributed by atoms with Crippen molar-refractivity contribution in [2.45, 2.75) is 45.3 Å². The quantitative estimate of drug-likeness (QED) is 0.505. The Morgan fingerprint density at radius 1 is 1.15 bits per heavy atom. The number of carbonyl (C=O) groups excluding carboxylic acids is 1. The maximum Gasteiger partial charge on any atom is 0.408 e. The molecule has 1 amide bonds. The molecule has 2 aromatic carbocycles. The van der Waals surface area contributed by atoms with E-state index in [2.05, 4.69) is 33.4 Å². The number of methoxy groups -OCH3 is 1. The minimum absolute atomic E-state index is 0.0299. The van der Waals surface area contributed by atoms with E-state index in [4.69, 9.17) is 9.47 Å². The number of ether oxygens (including phenoxy) is 2. The summed E-state index contributed by atoms with van der Waals surface area (Å²) in [6.45, 7) is 5.41. The van der Waals surface area contributed by atoms with Gasteiger partial charge in [0.2, 0.25) is 0 Å². The molecular formula is C26H26BrN3O3. The van der Waals surface area contributed by atoms with Crippen LogP contribution >= 0.6 is 15.9 Å². The SMILES string of the molecule is COc1cccc2c1CC[C@H]([C@H](NC(=O)OC(C)(C)C)c1ccc(Br)cc1)C2=C(C#N)C#N. The van der Waals surface area contributed by atoms with E-state index in [0.717, 1.165) is 26.9 Å². The first-order chi connectivity index (χ1) is 15.7. The van der Waals surface area contributed by atoms with Crippen LogP contribution in [0, 0.1) is 28.6 Å². The number of fused-ring (bicyclic) bond motifs is 1. The molecular weight excluding hydrogens is 482 g/mol. The van der Waals surface area contributed by atoms with Crippen molar-refractivity contribution in [3.05, 3.63) is 69.2 Å². The highest BCUT2D eigenvalue weighted by Gasteiger charge is 2.36. The van der Waals surface area contributed by atoms with Crippen molar-refractivity contribution in [1.82, 2.24) is 5.32 Å². The number of benzene rings is 2. The second kappa shape index (κ2) is 10.1. The Bertz CT molecular complexity index is 1140. The van der Waals surface area contributed by atoms with E-state index in [-0.39, 0.29) is 11.5 Å². The van der Waals surface area contributed by atoms with Crippen molar-refractivity contribution in [3.8, 4) is 17.9 Å². The molecule has 33 heavy (non-hydrogen) atoms. The Morgan fingerprint density at radius 2 is 1.82 bits per heavy atom. The summed E-state index contributed by atoms with van der Waals surface area (Å²) in [6, 6.07) is 16.9. The number of carbonyl (C=O) groups is 1. The van der Waals surface area contributed by atoms with Crippen LogP contribution in [0.3, 0.4) is 0 Å². The van der Waals surface area contributed by atoms with Crippen LogP contribution in [0.25, 0.3) is 5.57 Å². The van der Waals surface area contributed by atoms with E-state index in [1.54, 1.807) is 27.9 Å². The molecule has 1 aliphatic carbocycles. The Morgan fingerprint density at radius 3 is 2.39 bits per heavy atom. The first-order valence-electron chi connectivity index (χ1n) is 10.6. The predicted molar refractivity (Wildman–Crippen MR) is 129 cm³/mol. The fourth-order valence-electron chi connectivity index (χ4n) is 4.23. The van der Waals surface area contributed by atoms with Crippen LogP contribution < -0.4 is 10.1 Å². The molecule has 0 saturated carbocycles. The molecule has 170 valence electrons. The summed E-state index contributed by atoms with van der Waals surface area (Å²) >= 11 is 3.45. The van der Waals surface area contributed by atoms with Gasteiger partial charge in [-0.15, -0.1) is 0 Å². The van der Waals surface area contributed by atoms with Gasteiger partial charge in [-0.3, -0.25) is 0 Å². The molecule has 0 bridgehead atoms. The molecule has 0 aliphatic heterocycles. The van der Waals surface area contributed by atoms with Gasteiger partial charge in [0.15, 0.2) is 0 Å². The average Bonchev–Trinajstić information content (AvgIpc) is 2.77. The highest BCUT2D eigenvalue weighted by Crippen LogP contribution is 2.46. The number of hydrogen-bond donors (Lipinski definition) is 1. The molecule has 0 spiro atoms. The third kappa shape index (κ3) is 5.56. The van der Waals surface area contributed by atoms with E-state index < -0.39 is 17.7 Å². The van der Waals surface area contributed by atoms with Gasteiger partial charge >= 0.3 is 6.09 Å². The summed E-state index contributed by atoms with van der Waals surface area (Å²) < 4.78 is 12.0. The van der Waals surface area contributed by atoms with Crippen LogP contribution in [0.5, 0.6) is 5.75 Å². The topological polar surface area (TPSA) is 95.1 Å². The van der Waals surface area contributed by atoms with Crippen LogP contribution in [0.4, 0.5) is 4.79 Å². The zero-order valence-corrected chi connectivity index (χ0v) is 20.7. The van der Waals surface area contributed by atoms with Crippen LogP contribution in [-0.2, 0) is 11.2 Å². The average molecular weight is 508 g/mol. The summed E-state index contributed by atoms with van der Waals surface area (Å²) in [5.74, 6) is 0.409. The number of nitrogens with one attached hydrogen (secondary N) is 1. The number of amides is 1. The fourth-order valence-corrected chi connectivity index (χ4v) is 4.50. The summed E-state index contributed by atoms with van der Waals surface area (Å²) in [5, 5.41) is 22.6. The second-order valence-electron chi connectivity index (χ2n) is 8.82. The predicted octanol–water partition coefficient (Wildman–Crippen LogP) is 6.09. The summed E-state index contributed by atoms with van der Waals surface area (Å²) in [5.41, 5.74) is 2.60. The van der Waals surface area contributed by atoms with Crippen molar-refractivity contribution in [1.29, 1.82) is 10.5 Å². The van der Waals surface area contributed by atoms with Gasteiger partial charge in [-0.05, 0) is 68.5 Å². The van der Waals surface area contributed by atoms with E-state index >= 15 is 0 Å². The number of halogens is 1. The zero-order chi connectivity index (χ0) is 24.2.